The Bertz CT molecular complexity index is 492. The van der Waals surface area contributed by atoms with Crippen LogP contribution in [-0.2, 0) is 11.3 Å². The lowest BCUT2D eigenvalue weighted by Crippen LogP contribution is -2.55. The van der Waals surface area contributed by atoms with Crippen LogP contribution >= 0.6 is 15.9 Å². The van der Waals surface area contributed by atoms with Crippen LogP contribution in [0, 0.1) is 0 Å². The first-order valence-electron chi connectivity index (χ1n) is 7.70. The van der Waals surface area contributed by atoms with Crippen molar-refractivity contribution in [2.24, 2.45) is 0 Å². The van der Waals surface area contributed by atoms with Gasteiger partial charge in [0.15, 0.2) is 0 Å². The Morgan fingerprint density at radius 3 is 2.90 bits per heavy atom. The number of carbonyl (C=O) groups excluding carboxylic acids is 1. The number of hydrogen-bond acceptors (Lipinski definition) is 3. The molecule has 1 unspecified atom stereocenters. The van der Waals surface area contributed by atoms with Gasteiger partial charge < -0.3 is 15.5 Å². The molecule has 0 aromatic heterocycles. The molecule has 1 aromatic rings. The van der Waals surface area contributed by atoms with E-state index in [0.717, 1.165) is 42.6 Å². The molecule has 5 heteroatoms. The van der Waals surface area contributed by atoms with Crippen molar-refractivity contribution in [2.75, 3.05) is 24.5 Å². The molecule has 0 saturated carbocycles. The number of nitrogens with zero attached hydrogens (tertiary/aromatic N) is 1. The summed E-state index contributed by atoms with van der Waals surface area (Å²) in [5.74, 6) is 0.133. The zero-order chi connectivity index (χ0) is 15.2. The molecule has 1 aromatic carbocycles. The molecule has 1 fully saturated rings. The van der Waals surface area contributed by atoms with Crippen molar-refractivity contribution in [2.45, 2.75) is 39.3 Å². The molecule has 0 bridgehead atoms. The van der Waals surface area contributed by atoms with Gasteiger partial charge in [-0.25, -0.2) is 0 Å². The van der Waals surface area contributed by atoms with Crippen LogP contribution in [0.5, 0.6) is 0 Å². The first-order chi connectivity index (χ1) is 10.2. The molecule has 1 aliphatic rings. The molecule has 1 heterocycles. The van der Waals surface area contributed by atoms with Gasteiger partial charge in [-0.05, 0) is 37.1 Å². The maximum absolute atomic E-state index is 12.0. The fourth-order valence-electron chi connectivity index (χ4n) is 2.69. The molecule has 1 saturated heterocycles. The van der Waals surface area contributed by atoms with Gasteiger partial charge in [-0.3, -0.25) is 4.79 Å². The number of anilines is 1. The number of rotatable bonds is 6. The van der Waals surface area contributed by atoms with Crippen LogP contribution in [0.15, 0.2) is 22.7 Å². The Labute approximate surface area is 135 Å². The minimum Gasteiger partial charge on any atom is -0.358 e. The van der Waals surface area contributed by atoms with Crippen molar-refractivity contribution in [3.8, 4) is 0 Å². The Morgan fingerprint density at radius 2 is 2.24 bits per heavy atom. The number of nitrogens with one attached hydrogen (secondary N) is 2. The predicted molar refractivity (Wildman–Crippen MR) is 90.6 cm³/mol. The highest BCUT2D eigenvalue weighted by atomic mass is 79.9. The van der Waals surface area contributed by atoms with Gasteiger partial charge in [0.05, 0.1) is 0 Å². The fraction of sp³-hybridized carbons (Fsp3) is 0.562. The maximum Gasteiger partial charge on any atom is 0.242 e. The van der Waals surface area contributed by atoms with Gasteiger partial charge in [0.1, 0.15) is 6.04 Å². The summed E-state index contributed by atoms with van der Waals surface area (Å²) in [5.41, 5.74) is 2.37. The minimum absolute atomic E-state index is 0.0604. The third-order valence-electron chi connectivity index (χ3n) is 3.83. The van der Waals surface area contributed by atoms with Crippen LogP contribution in [0.4, 0.5) is 5.69 Å². The highest BCUT2D eigenvalue weighted by molar-refractivity contribution is 9.10. The summed E-state index contributed by atoms with van der Waals surface area (Å²) in [7, 11) is 0. The third kappa shape index (κ3) is 3.98. The van der Waals surface area contributed by atoms with E-state index in [-0.39, 0.29) is 11.9 Å². The molecule has 0 radical (unpaired) electrons. The van der Waals surface area contributed by atoms with Gasteiger partial charge in [-0.1, -0.05) is 35.8 Å². The fourth-order valence-corrected chi connectivity index (χ4v) is 3.19. The number of amides is 1. The predicted octanol–water partition coefficient (Wildman–Crippen LogP) is 2.66. The van der Waals surface area contributed by atoms with Crippen LogP contribution < -0.4 is 15.5 Å². The standard InChI is InChI=1S/C16H24BrN3O/c1-3-7-18-11-12-5-6-13(10-14(12)17)20-9-8-19-16(21)15(20)4-2/h5-6,10,15,18H,3-4,7-9,11H2,1-2H3,(H,19,21). The van der Waals surface area contributed by atoms with Gasteiger partial charge in [-0.2, -0.15) is 0 Å². The normalized spacial score (nSPS) is 18.7. The Hall–Kier alpha value is -1.07. The quantitative estimate of drug-likeness (QED) is 0.772. The first-order valence-corrected chi connectivity index (χ1v) is 8.50. The summed E-state index contributed by atoms with van der Waals surface area (Å²) in [6.07, 6.45) is 1.96. The van der Waals surface area contributed by atoms with Crippen LogP contribution in [0.2, 0.25) is 0 Å². The van der Waals surface area contributed by atoms with Crippen molar-refractivity contribution in [3.05, 3.63) is 28.2 Å². The zero-order valence-electron chi connectivity index (χ0n) is 12.8. The summed E-state index contributed by atoms with van der Waals surface area (Å²) in [6, 6.07) is 6.33. The molecule has 1 atom stereocenters. The number of carbonyl (C=O) groups is 1. The molecular formula is C16H24BrN3O. The van der Waals surface area contributed by atoms with Crippen molar-refractivity contribution < 1.29 is 4.79 Å². The van der Waals surface area contributed by atoms with E-state index in [2.05, 4.69) is 63.5 Å². The number of hydrogen-bond donors (Lipinski definition) is 2. The lowest BCUT2D eigenvalue weighted by Gasteiger charge is -2.36. The molecular weight excluding hydrogens is 330 g/mol. The van der Waals surface area contributed by atoms with E-state index in [9.17, 15) is 4.79 Å². The first kappa shape index (κ1) is 16.3. The molecule has 2 rings (SSSR count). The molecule has 4 nitrogen and oxygen atoms in total. The van der Waals surface area contributed by atoms with Gasteiger partial charge >= 0.3 is 0 Å². The lowest BCUT2D eigenvalue weighted by molar-refractivity contribution is -0.123. The Balaban J connectivity index is 2.13. The number of benzene rings is 1. The highest BCUT2D eigenvalue weighted by Gasteiger charge is 2.28. The lowest BCUT2D eigenvalue weighted by atomic mass is 10.1. The highest BCUT2D eigenvalue weighted by Crippen LogP contribution is 2.27. The molecule has 0 aliphatic carbocycles. The molecule has 1 amide bonds. The van der Waals surface area contributed by atoms with Crippen LogP contribution in [0.25, 0.3) is 0 Å². The number of halogens is 1. The van der Waals surface area contributed by atoms with E-state index in [4.69, 9.17) is 0 Å². The zero-order valence-corrected chi connectivity index (χ0v) is 14.4. The molecule has 0 spiro atoms. The van der Waals surface area contributed by atoms with Crippen molar-refractivity contribution in [1.82, 2.24) is 10.6 Å². The third-order valence-corrected chi connectivity index (χ3v) is 4.57. The second-order valence-electron chi connectivity index (χ2n) is 5.36. The second kappa shape index (κ2) is 7.80. The second-order valence-corrected chi connectivity index (χ2v) is 6.22. The van der Waals surface area contributed by atoms with Crippen molar-refractivity contribution >= 4 is 27.5 Å². The van der Waals surface area contributed by atoms with E-state index in [1.807, 2.05) is 0 Å². The topological polar surface area (TPSA) is 44.4 Å². The largest absolute Gasteiger partial charge is 0.358 e. The van der Waals surface area contributed by atoms with Crippen LogP contribution in [0.3, 0.4) is 0 Å². The Kier molecular flexibility index (Phi) is 6.06. The maximum atomic E-state index is 12.0. The average molecular weight is 354 g/mol. The summed E-state index contributed by atoms with van der Waals surface area (Å²) >= 11 is 3.66. The van der Waals surface area contributed by atoms with Gasteiger partial charge in [0, 0.05) is 29.8 Å². The van der Waals surface area contributed by atoms with Gasteiger partial charge in [-0.15, -0.1) is 0 Å². The summed E-state index contributed by atoms with van der Waals surface area (Å²) in [5, 5.41) is 6.35. The van der Waals surface area contributed by atoms with Crippen LogP contribution in [0.1, 0.15) is 32.3 Å². The monoisotopic (exact) mass is 353 g/mol. The van der Waals surface area contributed by atoms with E-state index in [0.29, 0.717) is 6.54 Å². The summed E-state index contributed by atoms with van der Waals surface area (Å²) in [4.78, 5) is 14.2. The van der Waals surface area contributed by atoms with E-state index < -0.39 is 0 Å². The van der Waals surface area contributed by atoms with Gasteiger partial charge in [0.25, 0.3) is 0 Å². The SMILES string of the molecule is CCCNCc1ccc(N2CCNC(=O)C2CC)cc1Br. The van der Waals surface area contributed by atoms with E-state index >= 15 is 0 Å². The van der Waals surface area contributed by atoms with Crippen molar-refractivity contribution in [1.29, 1.82) is 0 Å². The van der Waals surface area contributed by atoms with Crippen LogP contribution in [-0.4, -0.2) is 31.6 Å². The number of piperazine rings is 1. The Morgan fingerprint density at radius 1 is 1.43 bits per heavy atom. The molecule has 21 heavy (non-hydrogen) atoms. The molecule has 1 aliphatic heterocycles. The minimum atomic E-state index is -0.0604. The smallest absolute Gasteiger partial charge is 0.242 e. The molecule has 116 valence electrons. The summed E-state index contributed by atoms with van der Waals surface area (Å²) < 4.78 is 1.10. The molecule has 2 N–H and O–H groups in total. The average Bonchev–Trinajstić information content (AvgIpc) is 2.49. The summed E-state index contributed by atoms with van der Waals surface area (Å²) in [6.45, 7) is 7.69. The van der Waals surface area contributed by atoms with Gasteiger partial charge in [0.2, 0.25) is 5.91 Å². The van der Waals surface area contributed by atoms with Crippen molar-refractivity contribution in [3.63, 3.8) is 0 Å². The van der Waals surface area contributed by atoms with E-state index in [1.165, 1.54) is 5.56 Å². The van der Waals surface area contributed by atoms with E-state index in [1.54, 1.807) is 0 Å².